The van der Waals surface area contributed by atoms with Gasteiger partial charge in [0.1, 0.15) is 6.61 Å². The Morgan fingerprint density at radius 2 is 2.36 bits per heavy atom. The van der Waals surface area contributed by atoms with Crippen LogP contribution in [0.15, 0.2) is 23.4 Å². The molecule has 0 saturated heterocycles. The molecule has 0 aliphatic carbocycles. The van der Waals surface area contributed by atoms with Crippen molar-refractivity contribution >= 4 is 11.3 Å². The first-order valence-electron chi connectivity index (χ1n) is 3.38. The maximum atomic E-state index is 5.49. The van der Waals surface area contributed by atoms with E-state index in [1.54, 1.807) is 17.4 Å². The fourth-order valence-electron chi connectivity index (χ4n) is 0.950. The van der Waals surface area contributed by atoms with E-state index in [-0.39, 0.29) is 6.10 Å². The molecule has 2 heterocycles. The van der Waals surface area contributed by atoms with Crippen LogP contribution in [0, 0.1) is 0 Å². The van der Waals surface area contributed by atoms with Crippen molar-refractivity contribution in [3.63, 3.8) is 0 Å². The third-order valence-corrected chi connectivity index (χ3v) is 2.24. The first kappa shape index (κ1) is 6.73. The van der Waals surface area contributed by atoms with Crippen LogP contribution in [0.3, 0.4) is 0 Å². The van der Waals surface area contributed by atoms with Gasteiger partial charge < -0.3 is 9.47 Å². The summed E-state index contributed by atoms with van der Waals surface area (Å²) in [7, 11) is 0. The number of hydrogen-bond donors (Lipinski definition) is 0. The molecular weight excluding hydrogens is 160 g/mol. The molecule has 0 amide bonds. The Hall–Kier alpha value is -0.960. The summed E-state index contributed by atoms with van der Waals surface area (Å²) in [6, 6.07) is 0. The Morgan fingerprint density at radius 1 is 1.55 bits per heavy atom. The molecule has 0 bridgehead atoms. The number of hydrogen-bond acceptors (Lipinski definition) is 3. The van der Waals surface area contributed by atoms with Gasteiger partial charge in [-0.3, -0.25) is 0 Å². The van der Waals surface area contributed by atoms with Crippen LogP contribution in [0.4, 0.5) is 0 Å². The zero-order chi connectivity index (χ0) is 7.68. The van der Waals surface area contributed by atoms with Crippen LogP contribution in [-0.4, -0.2) is 12.7 Å². The van der Waals surface area contributed by atoms with Crippen molar-refractivity contribution in [2.45, 2.75) is 6.10 Å². The third-order valence-electron chi connectivity index (χ3n) is 1.54. The number of rotatable bonds is 1. The summed E-state index contributed by atoms with van der Waals surface area (Å²) >= 11 is 1.58. The van der Waals surface area contributed by atoms with Crippen LogP contribution in [-0.2, 0) is 0 Å². The van der Waals surface area contributed by atoms with Gasteiger partial charge in [-0.2, -0.15) is 0 Å². The molecule has 0 spiro atoms. The van der Waals surface area contributed by atoms with Gasteiger partial charge in [0.2, 0.25) is 0 Å². The minimum Gasteiger partial charge on any atom is -0.485 e. The van der Waals surface area contributed by atoms with Crippen LogP contribution in [0.2, 0.25) is 0 Å². The molecule has 1 atom stereocenters. The Morgan fingerprint density at radius 3 is 3.18 bits per heavy atom. The molecule has 58 valence electrons. The molecule has 11 heavy (non-hydrogen) atoms. The molecule has 0 saturated carbocycles. The lowest BCUT2D eigenvalue weighted by Crippen LogP contribution is -2.25. The van der Waals surface area contributed by atoms with Gasteiger partial charge in [0, 0.05) is 10.8 Å². The van der Waals surface area contributed by atoms with Gasteiger partial charge in [0.15, 0.2) is 17.6 Å². The van der Waals surface area contributed by atoms with Crippen molar-refractivity contribution in [2.75, 3.05) is 6.61 Å². The summed E-state index contributed by atoms with van der Waals surface area (Å²) in [5.41, 5.74) is 0. The van der Waals surface area contributed by atoms with Crippen LogP contribution in [0.1, 0.15) is 0 Å². The molecule has 1 unspecified atom stereocenters. The monoisotopic (exact) mass is 168 g/mol. The molecule has 3 heteroatoms. The highest BCUT2D eigenvalue weighted by Crippen LogP contribution is 2.35. The van der Waals surface area contributed by atoms with Crippen LogP contribution < -0.4 is 9.47 Å². The second-order valence-corrected chi connectivity index (χ2v) is 3.05. The van der Waals surface area contributed by atoms with Crippen LogP contribution >= 0.6 is 11.3 Å². The Balaban J connectivity index is 2.24. The van der Waals surface area contributed by atoms with E-state index in [4.69, 9.17) is 9.47 Å². The average Bonchev–Trinajstić information content (AvgIpc) is 2.50. The highest BCUT2D eigenvalue weighted by Gasteiger charge is 2.18. The fraction of sp³-hybridized carbons (Fsp3) is 0.250. The smallest absolute Gasteiger partial charge is 0.172 e. The van der Waals surface area contributed by atoms with Gasteiger partial charge in [-0.05, 0) is 6.08 Å². The lowest BCUT2D eigenvalue weighted by Gasteiger charge is -2.21. The summed E-state index contributed by atoms with van der Waals surface area (Å²) < 4.78 is 10.9. The molecule has 1 aliphatic heterocycles. The summed E-state index contributed by atoms with van der Waals surface area (Å²) in [6.07, 6.45) is 1.76. The second kappa shape index (κ2) is 2.58. The molecule has 1 aromatic heterocycles. The van der Waals surface area contributed by atoms with Gasteiger partial charge in [0.25, 0.3) is 0 Å². The first-order valence-corrected chi connectivity index (χ1v) is 4.32. The van der Waals surface area contributed by atoms with E-state index < -0.39 is 0 Å². The Labute approximate surface area is 69.1 Å². The average molecular weight is 168 g/mol. The highest BCUT2D eigenvalue weighted by molar-refractivity contribution is 7.08. The maximum Gasteiger partial charge on any atom is 0.172 e. The van der Waals surface area contributed by atoms with E-state index in [0.717, 1.165) is 11.5 Å². The number of thiophene rings is 1. The van der Waals surface area contributed by atoms with E-state index in [0.29, 0.717) is 6.61 Å². The van der Waals surface area contributed by atoms with E-state index in [1.807, 2.05) is 10.8 Å². The van der Waals surface area contributed by atoms with Gasteiger partial charge in [-0.25, -0.2) is 0 Å². The van der Waals surface area contributed by atoms with Crippen molar-refractivity contribution < 1.29 is 9.47 Å². The standard InChI is InChI=1S/C8H8O2S/c1-2-6-3-9-7-4-11-5-8(7)10-6/h2,4-6H,1,3H2. The van der Waals surface area contributed by atoms with Crippen molar-refractivity contribution in [3.8, 4) is 11.5 Å². The minimum absolute atomic E-state index is 0.0112. The summed E-state index contributed by atoms with van der Waals surface area (Å²) in [6.45, 7) is 4.22. The lowest BCUT2D eigenvalue weighted by atomic mass is 10.3. The van der Waals surface area contributed by atoms with Crippen molar-refractivity contribution in [1.82, 2.24) is 0 Å². The molecule has 1 aromatic rings. The highest BCUT2D eigenvalue weighted by atomic mass is 32.1. The Bertz CT molecular complexity index is 267. The molecular formula is C8H8O2S. The molecule has 0 fully saturated rings. The quantitative estimate of drug-likeness (QED) is 0.598. The number of fused-ring (bicyclic) bond motifs is 1. The van der Waals surface area contributed by atoms with Crippen molar-refractivity contribution in [3.05, 3.63) is 23.4 Å². The van der Waals surface area contributed by atoms with E-state index in [9.17, 15) is 0 Å². The SMILES string of the molecule is C=CC1COc2cscc2O1. The zero-order valence-corrected chi connectivity index (χ0v) is 6.76. The first-order chi connectivity index (χ1) is 5.40. The van der Waals surface area contributed by atoms with Crippen LogP contribution in [0.5, 0.6) is 11.5 Å². The van der Waals surface area contributed by atoms with Gasteiger partial charge >= 0.3 is 0 Å². The van der Waals surface area contributed by atoms with Gasteiger partial charge in [-0.15, -0.1) is 11.3 Å². The van der Waals surface area contributed by atoms with Crippen molar-refractivity contribution in [2.24, 2.45) is 0 Å². The molecule has 1 aliphatic rings. The minimum atomic E-state index is 0.0112. The largest absolute Gasteiger partial charge is 0.485 e. The normalized spacial score (nSPS) is 21.3. The van der Waals surface area contributed by atoms with E-state index in [2.05, 4.69) is 6.58 Å². The summed E-state index contributed by atoms with van der Waals surface area (Å²) in [5.74, 6) is 1.69. The van der Waals surface area contributed by atoms with Gasteiger partial charge in [-0.1, -0.05) is 6.58 Å². The molecule has 0 aromatic carbocycles. The van der Waals surface area contributed by atoms with Crippen molar-refractivity contribution in [1.29, 1.82) is 0 Å². The summed E-state index contributed by atoms with van der Waals surface area (Å²) in [5, 5.41) is 3.87. The van der Waals surface area contributed by atoms with E-state index >= 15 is 0 Å². The molecule has 0 N–H and O–H groups in total. The second-order valence-electron chi connectivity index (χ2n) is 2.30. The number of ether oxygens (including phenoxy) is 2. The molecule has 0 radical (unpaired) electrons. The fourth-order valence-corrected chi connectivity index (χ4v) is 1.62. The van der Waals surface area contributed by atoms with E-state index in [1.165, 1.54) is 0 Å². The van der Waals surface area contributed by atoms with Gasteiger partial charge in [0.05, 0.1) is 0 Å². The van der Waals surface area contributed by atoms with Crippen LogP contribution in [0.25, 0.3) is 0 Å². The predicted octanol–water partition coefficient (Wildman–Crippen LogP) is 2.07. The zero-order valence-electron chi connectivity index (χ0n) is 5.95. The maximum absolute atomic E-state index is 5.49. The predicted molar refractivity (Wildman–Crippen MR) is 44.4 cm³/mol. The lowest BCUT2D eigenvalue weighted by molar-refractivity contribution is 0.125. The summed E-state index contributed by atoms with van der Waals surface area (Å²) in [4.78, 5) is 0. The topological polar surface area (TPSA) is 18.5 Å². The third kappa shape index (κ3) is 1.12. The Kier molecular flexibility index (Phi) is 1.58. The molecule has 2 nitrogen and oxygen atoms in total. The molecule has 2 rings (SSSR count).